The number of methoxy groups -OCH3 is 1. The Balaban J connectivity index is 2.10. The van der Waals surface area contributed by atoms with Gasteiger partial charge in [0.2, 0.25) is 5.01 Å². The summed E-state index contributed by atoms with van der Waals surface area (Å²) < 4.78 is 10.7. The third-order valence-electron chi connectivity index (χ3n) is 2.87. The summed E-state index contributed by atoms with van der Waals surface area (Å²) in [6, 6.07) is 3.34. The van der Waals surface area contributed by atoms with Crippen LogP contribution in [0, 0.1) is 6.92 Å². The van der Waals surface area contributed by atoms with Crippen LogP contribution in [0.5, 0.6) is 0 Å². The Bertz CT molecular complexity index is 606. The van der Waals surface area contributed by atoms with Gasteiger partial charge in [0.25, 0.3) is 5.91 Å². The van der Waals surface area contributed by atoms with Gasteiger partial charge in [-0.05, 0) is 19.1 Å². The molecule has 114 valence electrons. The fourth-order valence-corrected chi connectivity index (χ4v) is 2.53. The molecule has 1 N–H and O–H groups in total. The number of nitrogens with one attached hydrogen (secondary N) is 1. The lowest BCUT2D eigenvalue weighted by Gasteiger charge is -2.14. The molecule has 2 aromatic heterocycles. The molecule has 0 aliphatic rings. The third kappa shape index (κ3) is 3.89. The van der Waals surface area contributed by atoms with Gasteiger partial charge in [0.15, 0.2) is 0 Å². The predicted molar refractivity (Wildman–Crippen MR) is 79.5 cm³/mol. The normalized spacial score (nSPS) is 12.6. The summed E-state index contributed by atoms with van der Waals surface area (Å²) in [5.74, 6) is 1.44. The minimum Gasteiger partial charge on any atom is -0.464 e. The van der Waals surface area contributed by atoms with Gasteiger partial charge >= 0.3 is 0 Å². The topological polar surface area (TPSA) is 77.2 Å². The second kappa shape index (κ2) is 6.82. The molecule has 0 aliphatic carbocycles. The first-order valence-electron chi connectivity index (χ1n) is 6.70. The van der Waals surface area contributed by atoms with Crippen LogP contribution in [0.15, 0.2) is 16.5 Å². The van der Waals surface area contributed by atoms with Crippen molar-refractivity contribution in [3.8, 4) is 0 Å². The molecule has 0 bridgehead atoms. The Morgan fingerprint density at radius 2 is 2.19 bits per heavy atom. The summed E-state index contributed by atoms with van der Waals surface area (Å²) in [6.07, 6.45) is 0. The number of nitrogens with zero attached hydrogens (tertiary/aromatic N) is 2. The quantitative estimate of drug-likeness (QED) is 0.887. The molecule has 1 unspecified atom stereocenters. The Morgan fingerprint density at radius 3 is 2.71 bits per heavy atom. The van der Waals surface area contributed by atoms with Crippen molar-refractivity contribution < 1.29 is 13.9 Å². The lowest BCUT2D eigenvalue weighted by atomic mass is 10.2. The molecule has 7 heteroatoms. The number of hydrogen-bond donors (Lipinski definition) is 1. The van der Waals surface area contributed by atoms with E-state index in [1.165, 1.54) is 11.3 Å². The molecule has 0 aliphatic heterocycles. The van der Waals surface area contributed by atoms with Gasteiger partial charge < -0.3 is 14.5 Å². The molecule has 0 aromatic carbocycles. The van der Waals surface area contributed by atoms with Crippen LogP contribution >= 0.6 is 11.3 Å². The molecule has 2 aromatic rings. The van der Waals surface area contributed by atoms with Crippen molar-refractivity contribution in [3.05, 3.63) is 33.7 Å². The number of carbonyl (C=O) groups excluding carboxylic acids is 1. The largest absolute Gasteiger partial charge is 0.464 e. The number of hydrogen-bond acceptors (Lipinski definition) is 6. The first-order chi connectivity index (χ1) is 10.0. The summed E-state index contributed by atoms with van der Waals surface area (Å²) in [5.41, 5.74) is 0. The van der Waals surface area contributed by atoms with Crippen LogP contribution in [0.2, 0.25) is 0 Å². The summed E-state index contributed by atoms with van der Waals surface area (Å²) in [4.78, 5) is 12.2. The highest BCUT2D eigenvalue weighted by Crippen LogP contribution is 2.21. The van der Waals surface area contributed by atoms with Gasteiger partial charge in [0, 0.05) is 13.0 Å². The van der Waals surface area contributed by atoms with Gasteiger partial charge in [-0.2, -0.15) is 0 Å². The lowest BCUT2D eigenvalue weighted by molar-refractivity contribution is 0.0881. The maximum atomic E-state index is 12.2. The SMILES string of the molecule is COCC(NC(=O)c1nnc(C(C)C)s1)c1ccc(C)o1. The third-order valence-corrected chi connectivity index (χ3v) is 4.09. The first kappa shape index (κ1) is 15.7. The molecule has 2 heterocycles. The Labute approximate surface area is 127 Å². The maximum Gasteiger partial charge on any atom is 0.282 e. The number of ether oxygens (including phenoxy) is 1. The van der Waals surface area contributed by atoms with Crippen LogP contribution in [-0.4, -0.2) is 29.8 Å². The van der Waals surface area contributed by atoms with Gasteiger partial charge in [-0.1, -0.05) is 25.2 Å². The van der Waals surface area contributed by atoms with Crippen molar-refractivity contribution in [1.82, 2.24) is 15.5 Å². The average molecular weight is 309 g/mol. The van der Waals surface area contributed by atoms with Crippen LogP contribution in [-0.2, 0) is 4.74 Å². The van der Waals surface area contributed by atoms with Crippen LogP contribution < -0.4 is 5.32 Å². The van der Waals surface area contributed by atoms with E-state index < -0.39 is 0 Å². The molecule has 6 nitrogen and oxygen atoms in total. The Morgan fingerprint density at radius 1 is 1.43 bits per heavy atom. The van der Waals surface area contributed by atoms with Crippen LogP contribution in [0.4, 0.5) is 0 Å². The molecule has 2 rings (SSSR count). The van der Waals surface area contributed by atoms with E-state index in [0.29, 0.717) is 17.4 Å². The number of aromatic nitrogens is 2. The highest BCUT2D eigenvalue weighted by molar-refractivity contribution is 7.13. The minimum absolute atomic E-state index is 0.256. The van der Waals surface area contributed by atoms with Crippen LogP contribution in [0.3, 0.4) is 0 Å². The van der Waals surface area contributed by atoms with Gasteiger partial charge in [-0.25, -0.2) is 0 Å². The molecule has 1 atom stereocenters. The molecule has 0 fully saturated rings. The average Bonchev–Trinajstić information content (AvgIpc) is 3.06. The number of rotatable bonds is 6. The van der Waals surface area contributed by atoms with E-state index in [2.05, 4.69) is 15.5 Å². The molecule has 0 radical (unpaired) electrons. The first-order valence-corrected chi connectivity index (χ1v) is 7.52. The second-order valence-electron chi connectivity index (χ2n) is 5.03. The monoisotopic (exact) mass is 309 g/mol. The van der Waals surface area contributed by atoms with Crippen LogP contribution in [0.25, 0.3) is 0 Å². The molecule has 0 spiro atoms. The number of amides is 1. The zero-order chi connectivity index (χ0) is 15.4. The highest BCUT2D eigenvalue weighted by Gasteiger charge is 2.21. The predicted octanol–water partition coefficient (Wildman–Crippen LogP) is 2.68. The molecular formula is C14H19N3O3S. The smallest absolute Gasteiger partial charge is 0.282 e. The van der Waals surface area contributed by atoms with Crippen LogP contribution in [0.1, 0.15) is 52.1 Å². The van der Waals surface area contributed by atoms with Crippen molar-refractivity contribution in [1.29, 1.82) is 0 Å². The highest BCUT2D eigenvalue weighted by atomic mass is 32.1. The van der Waals surface area contributed by atoms with E-state index in [0.717, 1.165) is 10.8 Å². The van der Waals surface area contributed by atoms with Gasteiger partial charge in [0.1, 0.15) is 22.6 Å². The van der Waals surface area contributed by atoms with E-state index in [1.54, 1.807) is 7.11 Å². The van der Waals surface area contributed by atoms with Gasteiger partial charge in [-0.15, -0.1) is 10.2 Å². The molecule has 0 saturated carbocycles. The Hall–Kier alpha value is -1.73. The minimum atomic E-state index is -0.345. The molecule has 1 amide bonds. The van der Waals surface area contributed by atoms with Crippen molar-refractivity contribution in [2.45, 2.75) is 32.7 Å². The maximum absolute atomic E-state index is 12.2. The summed E-state index contributed by atoms with van der Waals surface area (Å²) in [7, 11) is 1.58. The lowest BCUT2D eigenvalue weighted by Crippen LogP contribution is -2.31. The molecular weight excluding hydrogens is 290 g/mol. The van der Waals surface area contributed by atoms with E-state index in [4.69, 9.17) is 9.15 Å². The van der Waals surface area contributed by atoms with Crippen molar-refractivity contribution in [3.63, 3.8) is 0 Å². The van der Waals surface area contributed by atoms with E-state index in [1.807, 2.05) is 32.9 Å². The van der Waals surface area contributed by atoms with Gasteiger partial charge in [0.05, 0.1) is 6.61 Å². The standard InChI is InChI=1S/C14H19N3O3S/c1-8(2)13-16-17-14(21-13)12(18)15-10(7-19-4)11-6-5-9(3)20-11/h5-6,8,10H,7H2,1-4H3,(H,15,18). The van der Waals surface area contributed by atoms with Gasteiger partial charge in [-0.3, -0.25) is 4.79 Å². The van der Waals surface area contributed by atoms with E-state index >= 15 is 0 Å². The fraction of sp³-hybridized carbons (Fsp3) is 0.500. The second-order valence-corrected chi connectivity index (χ2v) is 6.04. The summed E-state index contributed by atoms with van der Waals surface area (Å²) in [5, 5.41) is 12.0. The van der Waals surface area contributed by atoms with E-state index in [9.17, 15) is 4.79 Å². The number of carbonyl (C=O) groups is 1. The van der Waals surface area contributed by atoms with Crippen molar-refractivity contribution in [2.75, 3.05) is 13.7 Å². The van der Waals surface area contributed by atoms with E-state index in [-0.39, 0.29) is 17.9 Å². The number of aryl methyl sites for hydroxylation is 1. The zero-order valence-electron chi connectivity index (χ0n) is 12.5. The fourth-order valence-electron chi connectivity index (χ4n) is 1.78. The summed E-state index contributed by atoms with van der Waals surface area (Å²) in [6.45, 7) is 6.21. The summed E-state index contributed by atoms with van der Waals surface area (Å²) >= 11 is 1.30. The van der Waals surface area contributed by atoms with Crippen molar-refractivity contribution >= 4 is 17.2 Å². The zero-order valence-corrected chi connectivity index (χ0v) is 13.4. The van der Waals surface area contributed by atoms with Crippen molar-refractivity contribution in [2.24, 2.45) is 0 Å². The molecule has 21 heavy (non-hydrogen) atoms. The molecule has 0 saturated heterocycles. The number of furan rings is 1. The Kier molecular flexibility index (Phi) is 5.08.